The van der Waals surface area contributed by atoms with E-state index >= 15 is 0 Å². The van der Waals surface area contributed by atoms with Gasteiger partial charge in [0.2, 0.25) is 5.91 Å². The minimum Gasteiger partial charge on any atom is -0.455 e. The van der Waals surface area contributed by atoms with Gasteiger partial charge >= 0.3 is 5.97 Å². The molecule has 0 radical (unpaired) electrons. The first kappa shape index (κ1) is 19.9. The second kappa shape index (κ2) is 8.01. The van der Waals surface area contributed by atoms with Crippen molar-refractivity contribution in [1.82, 2.24) is 5.32 Å². The van der Waals surface area contributed by atoms with Crippen molar-refractivity contribution in [2.45, 2.75) is 51.5 Å². The summed E-state index contributed by atoms with van der Waals surface area (Å²) < 4.78 is 5.13. The van der Waals surface area contributed by atoms with Crippen LogP contribution in [0.3, 0.4) is 0 Å². The highest BCUT2D eigenvalue weighted by Crippen LogP contribution is 2.30. The molecule has 0 aromatic heterocycles. The molecule has 1 atom stereocenters. The molecule has 1 aromatic carbocycles. The second-order valence-corrected chi connectivity index (χ2v) is 7.68. The van der Waals surface area contributed by atoms with Gasteiger partial charge in [-0.05, 0) is 56.7 Å². The molecule has 2 fully saturated rings. The fourth-order valence-electron chi connectivity index (χ4n) is 3.93. The third-order valence-corrected chi connectivity index (χ3v) is 5.72. The highest BCUT2D eigenvalue weighted by atomic mass is 16.5. The smallest absolute Gasteiger partial charge is 0.311 e. The van der Waals surface area contributed by atoms with Crippen LogP contribution in [0, 0.1) is 31.1 Å². The molecule has 7 heteroatoms. The minimum atomic E-state index is -0.841. The number of amides is 2. The highest BCUT2D eigenvalue weighted by molar-refractivity contribution is 6.00. The fourth-order valence-corrected chi connectivity index (χ4v) is 3.93. The Balaban J connectivity index is 1.55. The lowest BCUT2D eigenvalue weighted by Crippen LogP contribution is -2.47. The monoisotopic (exact) mass is 383 g/mol. The Labute approximate surface area is 164 Å². The van der Waals surface area contributed by atoms with Gasteiger partial charge in [0.25, 0.3) is 5.91 Å². The number of hydrogen-bond acceptors (Lipinski definition) is 5. The molecule has 1 saturated carbocycles. The highest BCUT2D eigenvalue weighted by Gasteiger charge is 2.38. The molecule has 2 amide bonds. The van der Waals surface area contributed by atoms with Crippen LogP contribution in [0.5, 0.6) is 0 Å². The van der Waals surface area contributed by atoms with Crippen molar-refractivity contribution in [3.63, 3.8) is 0 Å². The van der Waals surface area contributed by atoms with Crippen LogP contribution in [-0.4, -0.2) is 36.5 Å². The summed E-state index contributed by atoms with van der Waals surface area (Å²) in [5, 5.41) is 12.0. The Morgan fingerprint density at radius 3 is 2.71 bits per heavy atom. The summed E-state index contributed by atoms with van der Waals surface area (Å²) in [6, 6.07) is 7.89. The van der Waals surface area contributed by atoms with Crippen molar-refractivity contribution in [3.05, 3.63) is 29.3 Å². The molecule has 1 saturated heterocycles. The second-order valence-electron chi connectivity index (χ2n) is 7.68. The van der Waals surface area contributed by atoms with E-state index in [-0.39, 0.29) is 18.9 Å². The minimum absolute atomic E-state index is 0.0654. The molecule has 28 heavy (non-hydrogen) atoms. The van der Waals surface area contributed by atoms with Gasteiger partial charge in [0, 0.05) is 18.7 Å². The lowest BCUT2D eigenvalue weighted by Gasteiger charge is -2.22. The number of nitrogens with zero attached hydrogens (tertiary/aromatic N) is 2. The first-order chi connectivity index (χ1) is 13.3. The number of benzene rings is 1. The van der Waals surface area contributed by atoms with Crippen molar-refractivity contribution >= 4 is 23.5 Å². The molecular weight excluding hydrogens is 358 g/mol. The van der Waals surface area contributed by atoms with Gasteiger partial charge < -0.3 is 15.0 Å². The lowest BCUT2D eigenvalue weighted by molar-refractivity contribution is -0.152. The Morgan fingerprint density at radius 2 is 2.04 bits per heavy atom. The molecular formula is C21H25N3O4. The predicted molar refractivity (Wildman–Crippen MR) is 102 cm³/mol. The summed E-state index contributed by atoms with van der Waals surface area (Å²) in [6.45, 7) is 3.73. The van der Waals surface area contributed by atoms with E-state index in [1.807, 2.05) is 32.0 Å². The van der Waals surface area contributed by atoms with E-state index in [4.69, 9.17) is 4.74 Å². The number of ether oxygens (including phenoxy) is 1. The van der Waals surface area contributed by atoms with Gasteiger partial charge in [-0.25, -0.2) is 0 Å². The van der Waals surface area contributed by atoms with Crippen LogP contribution in [0.25, 0.3) is 0 Å². The first-order valence-corrected chi connectivity index (χ1v) is 9.61. The molecule has 0 spiro atoms. The summed E-state index contributed by atoms with van der Waals surface area (Å²) in [7, 11) is 0. The van der Waals surface area contributed by atoms with Crippen LogP contribution in [0.15, 0.2) is 18.2 Å². The normalized spacial score (nSPS) is 20.7. The zero-order valence-electron chi connectivity index (χ0n) is 16.3. The molecule has 2 aliphatic rings. The number of anilines is 1. The third-order valence-electron chi connectivity index (χ3n) is 5.72. The summed E-state index contributed by atoms with van der Waals surface area (Å²) in [6.07, 6.45) is 3.09. The van der Waals surface area contributed by atoms with E-state index in [2.05, 4.69) is 11.4 Å². The molecule has 148 valence electrons. The van der Waals surface area contributed by atoms with Crippen molar-refractivity contribution in [2.75, 3.05) is 18.1 Å². The molecule has 1 aliphatic heterocycles. The maximum atomic E-state index is 12.4. The van der Waals surface area contributed by atoms with Gasteiger partial charge in [-0.3, -0.25) is 14.4 Å². The number of carbonyl (C=O) groups is 3. The largest absolute Gasteiger partial charge is 0.455 e. The van der Waals surface area contributed by atoms with Crippen LogP contribution in [0.1, 0.15) is 43.2 Å². The zero-order chi connectivity index (χ0) is 20.3. The molecule has 0 bridgehead atoms. The summed E-state index contributed by atoms with van der Waals surface area (Å²) in [4.78, 5) is 38.5. The van der Waals surface area contributed by atoms with Gasteiger partial charge in [-0.2, -0.15) is 5.26 Å². The average Bonchev–Trinajstić information content (AvgIpc) is 3.29. The predicted octanol–water partition coefficient (Wildman–Crippen LogP) is 2.15. The average molecular weight is 383 g/mol. The Kier molecular flexibility index (Phi) is 5.68. The SMILES string of the molecule is Cc1cccc(N2C[C@@H](C(=O)OCC(=O)NC3(C#N)CCCC3)CC2=O)c1C. The molecule has 3 rings (SSSR count). The van der Waals surface area contributed by atoms with Crippen LogP contribution in [0.2, 0.25) is 0 Å². The van der Waals surface area contributed by atoms with Crippen LogP contribution >= 0.6 is 0 Å². The van der Waals surface area contributed by atoms with Crippen molar-refractivity contribution < 1.29 is 19.1 Å². The van der Waals surface area contributed by atoms with Crippen LogP contribution < -0.4 is 10.2 Å². The molecule has 7 nitrogen and oxygen atoms in total. The number of aryl methyl sites for hydroxylation is 1. The first-order valence-electron chi connectivity index (χ1n) is 9.61. The Bertz CT molecular complexity index is 837. The quantitative estimate of drug-likeness (QED) is 0.786. The molecule has 1 aliphatic carbocycles. The fraction of sp³-hybridized carbons (Fsp3) is 0.524. The Morgan fingerprint density at radius 1 is 1.32 bits per heavy atom. The van der Waals surface area contributed by atoms with Gasteiger partial charge in [0.15, 0.2) is 6.61 Å². The van der Waals surface area contributed by atoms with E-state index in [9.17, 15) is 19.6 Å². The summed E-state index contributed by atoms with van der Waals surface area (Å²) in [5.74, 6) is -1.77. The van der Waals surface area contributed by atoms with Crippen LogP contribution in [0.4, 0.5) is 5.69 Å². The number of rotatable bonds is 5. The van der Waals surface area contributed by atoms with Gasteiger partial charge in [-0.1, -0.05) is 12.1 Å². The number of esters is 1. The standard InChI is InChI=1S/C21H25N3O4/c1-14-6-5-7-17(15(14)2)24-11-16(10-19(24)26)20(27)28-12-18(25)23-21(13-22)8-3-4-9-21/h5-7,16H,3-4,8-12H2,1-2H3,(H,23,25)/t16-/m0/s1. The number of nitriles is 1. The number of nitrogens with one attached hydrogen (secondary N) is 1. The topological polar surface area (TPSA) is 99.5 Å². The number of hydrogen-bond donors (Lipinski definition) is 1. The zero-order valence-corrected chi connectivity index (χ0v) is 16.3. The van der Waals surface area contributed by atoms with E-state index < -0.39 is 29.9 Å². The molecule has 1 heterocycles. The Hall–Kier alpha value is -2.88. The van der Waals surface area contributed by atoms with E-state index in [1.54, 1.807) is 4.90 Å². The number of carbonyl (C=O) groups excluding carboxylic acids is 3. The molecule has 0 unspecified atom stereocenters. The van der Waals surface area contributed by atoms with Crippen LogP contribution in [-0.2, 0) is 19.1 Å². The van der Waals surface area contributed by atoms with E-state index in [0.29, 0.717) is 12.8 Å². The van der Waals surface area contributed by atoms with E-state index in [1.165, 1.54) is 0 Å². The summed E-state index contributed by atoms with van der Waals surface area (Å²) >= 11 is 0. The maximum Gasteiger partial charge on any atom is 0.311 e. The van der Waals surface area contributed by atoms with Gasteiger partial charge in [0.1, 0.15) is 5.54 Å². The van der Waals surface area contributed by atoms with Crippen molar-refractivity contribution in [3.8, 4) is 6.07 Å². The van der Waals surface area contributed by atoms with Gasteiger partial charge in [0.05, 0.1) is 12.0 Å². The van der Waals surface area contributed by atoms with Crippen molar-refractivity contribution in [1.29, 1.82) is 5.26 Å². The lowest BCUT2D eigenvalue weighted by atomic mass is 10.00. The molecule has 1 N–H and O–H groups in total. The van der Waals surface area contributed by atoms with E-state index in [0.717, 1.165) is 29.7 Å². The molecule has 1 aromatic rings. The summed E-state index contributed by atoms with van der Waals surface area (Å²) in [5.41, 5.74) is 2.04. The third kappa shape index (κ3) is 4.01. The maximum absolute atomic E-state index is 12.4. The van der Waals surface area contributed by atoms with Crippen molar-refractivity contribution in [2.24, 2.45) is 5.92 Å². The van der Waals surface area contributed by atoms with Gasteiger partial charge in [-0.15, -0.1) is 0 Å².